The van der Waals surface area contributed by atoms with Crippen molar-refractivity contribution in [3.05, 3.63) is 57.4 Å². The zero-order chi connectivity index (χ0) is 22.1. The van der Waals surface area contributed by atoms with Crippen LogP contribution in [0.2, 0.25) is 0 Å². The largest absolute Gasteiger partial charge is 0.448 e. The number of unbranched alkanes of at least 4 members (excludes halogenated alkanes) is 3. The second kappa shape index (κ2) is 11.1. The van der Waals surface area contributed by atoms with E-state index in [9.17, 15) is 19.2 Å². The maximum Gasteiger partial charge on any atom is 0.425 e. The van der Waals surface area contributed by atoms with Crippen LogP contribution in [-0.4, -0.2) is 34.4 Å². The van der Waals surface area contributed by atoms with Crippen molar-refractivity contribution in [3.63, 3.8) is 0 Å². The molecule has 8 nitrogen and oxygen atoms in total. The Morgan fingerprint density at radius 1 is 1.07 bits per heavy atom. The number of nitrogens with zero attached hydrogens (tertiary/aromatic N) is 2. The SMILES string of the molecule is CCCCCCNC(=O)n1cc(-c2ccccc2)c(=O)n(C(=O)OCC(C)C)c1=O. The third-order valence-corrected chi connectivity index (χ3v) is 4.42. The highest BCUT2D eigenvalue weighted by molar-refractivity contribution is 5.79. The van der Waals surface area contributed by atoms with E-state index in [0.717, 1.165) is 30.3 Å². The third-order valence-electron chi connectivity index (χ3n) is 4.42. The van der Waals surface area contributed by atoms with E-state index in [1.165, 1.54) is 6.20 Å². The molecule has 0 atom stereocenters. The summed E-state index contributed by atoms with van der Waals surface area (Å²) in [4.78, 5) is 50.8. The van der Waals surface area contributed by atoms with Crippen molar-refractivity contribution in [1.82, 2.24) is 14.5 Å². The molecule has 162 valence electrons. The minimum atomic E-state index is -1.10. The molecule has 0 unspecified atom stereocenters. The second-order valence-electron chi connectivity index (χ2n) is 7.47. The van der Waals surface area contributed by atoms with Gasteiger partial charge >= 0.3 is 17.8 Å². The molecule has 1 heterocycles. The Morgan fingerprint density at radius 3 is 2.40 bits per heavy atom. The molecule has 2 rings (SSSR count). The first-order valence-corrected chi connectivity index (χ1v) is 10.3. The Morgan fingerprint density at radius 2 is 1.77 bits per heavy atom. The summed E-state index contributed by atoms with van der Waals surface area (Å²) in [5.41, 5.74) is -1.35. The highest BCUT2D eigenvalue weighted by Gasteiger charge is 2.22. The van der Waals surface area contributed by atoms with Gasteiger partial charge in [-0.2, -0.15) is 4.57 Å². The van der Waals surface area contributed by atoms with Gasteiger partial charge in [-0.1, -0.05) is 70.4 Å². The Labute approximate surface area is 175 Å². The lowest BCUT2D eigenvalue weighted by Crippen LogP contribution is -2.48. The summed E-state index contributed by atoms with van der Waals surface area (Å²) < 4.78 is 6.21. The molecule has 1 N–H and O–H groups in total. The molecule has 0 bridgehead atoms. The van der Waals surface area contributed by atoms with Crippen LogP contribution >= 0.6 is 0 Å². The van der Waals surface area contributed by atoms with Gasteiger partial charge in [0.15, 0.2) is 0 Å². The van der Waals surface area contributed by atoms with Crippen molar-refractivity contribution in [1.29, 1.82) is 0 Å². The van der Waals surface area contributed by atoms with Gasteiger partial charge in [0.2, 0.25) is 0 Å². The second-order valence-corrected chi connectivity index (χ2v) is 7.47. The normalized spacial score (nSPS) is 10.8. The van der Waals surface area contributed by atoms with Gasteiger partial charge in [-0.25, -0.2) is 19.0 Å². The van der Waals surface area contributed by atoms with Crippen molar-refractivity contribution in [3.8, 4) is 11.1 Å². The summed E-state index contributed by atoms with van der Waals surface area (Å²) in [6.45, 7) is 6.19. The summed E-state index contributed by atoms with van der Waals surface area (Å²) in [6, 6.07) is 7.85. The van der Waals surface area contributed by atoms with Gasteiger partial charge in [-0.3, -0.25) is 4.79 Å². The molecule has 0 aliphatic heterocycles. The summed E-state index contributed by atoms with van der Waals surface area (Å²) in [7, 11) is 0. The maximum absolute atomic E-state index is 12.9. The van der Waals surface area contributed by atoms with Crippen molar-refractivity contribution in [2.45, 2.75) is 46.5 Å². The fourth-order valence-electron chi connectivity index (χ4n) is 2.81. The van der Waals surface area contributed by atoms with Gasteiger partial charge < -0.3 is 10.1 Å². The van der Waals surface area contributed by atoms with Crippen molar-refractivity contribution in [2.75, 3.05) is 13.2 Å². The molecule has 30 heavy (non-hydrogen) atoms. The molecule has 1 amide bonds. The molecule has 1 aromatic heterocycles. The number of ether oxygens (including phenoxy) is 1. The molecular weight excluding hydrogens is 386 g/mol. The lowest BCUT2D eigenvalue weighted by Gasteiger charge is -2.13. The van der Waals surface area contributed by atoms with Crippen LogP contribution in [0.4, 0.5) is 9.59 Å². The van der Waals surface area contributed by atoms with Crippen LogP contribution in [0.25, 0.3) is 11.1 Å². The molecule has 0 aliphatic carbocycles. The number of carbonyl (C=O) groups excluding carboxylic acids is 2. The summed E-state index contributed by atoms with van der Waals surface area (Å²) in [5.74, 6) is 0.0237. The number of benzene rings is 1. The first-order chi connectivity index (χ1) is 14.4. The topological polar surface area (TPSA) is 99.4 Å². The Balaban J connectivity index is 2.44. The fourth-order valence-corrected chi connectivity index (χ4v) is 2.81. The van der Waals surface area contributed by atoms with E-state index in [-0.39, 0.29) is 18.1 Å². The van der Waals surface area contributed by atoms with Gasteiger partial charge in [0.25, 0.3) is 5.56 Å². The summed E-state index contributed by atoms with van der Waals surface area (Å²) >= 11 is 0. The van der Waals surface area contributed by atoms with E-state index < -0.39 is 23.4 Å². The Bertz CT molecular complexity index is 977. The van der Waals surface area contributed by atoms with Crippen molar-refractivity contribution >= 4 is 12.1 Å². The molecule has 1 aromatic carbocycles. The number of amides is 1. The van der Waals surface area contributed by atoms with E-state index >= 15 is 0 Å². The average Bonchev–Trinajstić information content (AvgIpc) is 2.72. The quantitative estimate of drug-likeness (QED) is 0.666. The van der Waals surface area contributed by atoms with Crippen LogP contribution < -0.4 is 16.6 Å². The fraction of sp³-hybridized carbons (Fsp3) is 0.455. The first-order valence-electron chi connectivity index (χ1n) is 10.3. The molecule has 0 radical (unpaired) electrons. The van der Waals surface area contributed by atoms with Crippen LogP contribution in [0.5, 0.6) is 0 Å². The van der Waals surface area contributed by atoms with Gasteiger partial charge in [-0.15, -0.1) is 0 Å². The molecule has 8 heteroatoms. The van der Waals surface area contributed by atoms with Gasteiger partial charge in [-0.05, 0) is 17.9 Å². The number of nitrogens with one attached hydrogen (secondary N) is 1. The average molecular weight is 415 g/mol. The molecule has 0 saturated heterocycles. The lowest BCUT2D eigenvalue weighted by molar-refractivity contribution is 0.132. The van der Waals surface area contributed by atoms with Gasteiger partial charge in [0, 0.05) is 12.7 Å². The van der Waals surface area contributed by atoms with Crippen LogP contribution in [-0.2, 0) is 4.74 Å². The van der Waals surface area contributed by atoms with Crippen molar-refractivity contribution in [2.24, 2.45) is 5.92 Å². The number of carbonyl (C=O) groups is 2. The molecular formula is C22H29N3O5. The van der Waals surface area contributed by atoms with Crippen molar-refractivity contribution < 1.29 is 14.3 Å². The van der Waals surface area contributed by atoms with E-state index in [2.05, 4.69) is 12.2 Å². The molecule has 2 aromatic rings. The van der Waals surface area contributed by atoms with Gasteiger partial charge in [0.05, 0.1) is 12.2 Å². The third kappa shape index (κ3) is 5.92. The molecule has 0 saturated carbocycles. The number of hydrogen-bond acceptors (Lipinski definition) is 5. The minimum Gasteiger partial charge on any atom is -0.448 e. The predicted octanol–water partition coefficient (Wildman–Crippen LogP) is 3.46. The monoisotopic (exact) mass is 415 g/mol. The van der Waals surface area contributed by atoms with E-state index in [0.29, 0.717) is 16.7 Å². The number of rotatable bonds is 8. The van der Waals surface area contributed by atoms with Crippen LogP contribution in [0, 0.1) is 5.92 Å². The smallest absolute Gasteiger partial charge is 0.425 e. The Kier molecular flexibility index (Phi) is 8.58. The van der Waals surface area contributed by atoms with Gasteiger partial charge in [0.1, 0.15) is 0 Å². The predicted molar refractivity (Wildman–Crippen MR) is 115 cm³/mol. The summed E-state index contributed by atoms with van der Waals surface area (Å²) in [6.07, 6.45) is 3.93. The van der Waals surface area contributed by atoms with Crippen LogP contribution in [0.1, 0.15) is 46.5 Å². The number of hydrogen-bond donors (Lipinski definition) is 1. The lowest BCUT2D eigenvalue weighted by atomic mass is 10.1. The molecule has 0 spiro atoms. The maximum atomic E-state index is 12.9. The minimum absolute atomic E-state index is 0.0237. The first kappa shape index (κ1) is 23.1. The standard InChI is InChI=1S/C22H29N3O5/c1-4-5-6-10-13-23-20(27)24-14-18(17-11-8-7-9-12-17)19(26)25(21(24)28)22(29)30-15-16(2)3/h7-9,11-12,14,16H,4-6,10,13,15H2,1-3H3,(H,23,27). The van der Waals surface area contributed by atoms with E-state index in [1.807, 2.05) is 13.8 Å². The molecule has 0 fully saturated rings. The highest BCUT2D eigenvalue weighted by atomic mass is 16.6. The Hall–Kier alpha value is -3.16. The van der Waals surface area contributed by atoms with E-state index in [1.54, 1.807) is 30.3 Å². The summed E-state index contributed by atoms with van der Waals surface area (Å²) in [5, 5.41) is 2.67. The zero-order valence-electron chi connectivity index (χ0n) is 17.7. The highest BCUT2D eigenvalue weighted by Crippen LogP contribution is 2.13. The number of aromatic nitrogens is 2. The zero-order valence-corrected chi connectivity index (χ0v) is 17.7. The molecule has 0 aliphatic rings. The van der Waals surface area contributed by atoms with Crippen LogP contribution in [0.15, 0.2) is 46.1 Å². The van der Waals surface area contributed by atoms with Crippen LogP contribution in [0.3, 0.4) is 0 Å². The van der Waals surface area contributed by atoms with E-state index in [4.69, 9.17) is 4.74 Å².